The van der Waals surface area contributed by atoms with E-state index in [-0.39, 0.29) is 17.6 Å². The number of benzene rings is 1. The van der Waals surface area contributed by atoms with E-state index in [2.05, 4.69) is 20.8 Å². The number of carbonyl (C=O) groups is 1. The maximum absolute atomic E-state index is 12.6. The Balaban J connectivity index is 2.41. The van der Waals surface area contributed by atoms with Crippen molar-refractivity contribution in [3.8, 4) is 0 Å². The number of nitrogen functional groups attached to an aromatic ring is 1. The summed E-state index contributed by atoms with van der Waals surface area (Å²) in [6.45, 7) is 12.1. The molecule has 2 rings (SSSR count). The highest BCUT2D eigenvalue weighted by Gasteiger charge is 2.42. The number of anilines is 2. The average molecular weight is 290 g/mol. The minimum atomic E-state index is -0.504. The molecular formula is C17H26N2O2. The molecule has 1 aliphatic rings. The van der Waals surface area contributed by atoms with E-state index < -0.39 is 5.60 Å². The predicted molar refractivity (Wildman–Crippen MR) is 86.5 cm³/mol. The number of amides is 1. The zero-order valence-corrected chi connectivity index (χ0v) is 13.9. The Morgan fingerprint density at radius 3 is 2.38 bits per heavy atom. The van der Waals surface area contributed by atoms with Crippen molar-refractivity contribution in [2.24, 2.45) is 5.41 Å². The zero-order valence-electron chi connectivity index (χ0n) is 13.9. The van der Waals surface area contributed by atoms with E-state index in [0.717, 1.165) is 23.4 Å². The largest absolute Gasteiger partial charge is 0.443 e. The molecule has 0 unspecified atom stereocenters. The molecule has 0 saturated carbocycles. The van der Waals surface area contributed by atoms with Crippen LogP contribution in [0.4, 0.5) is 16.2 Å². The van der Waals surface area contributed by atoms with Gasteiger partial charge < -0.3 is 10.5 Å². The Bertz CT molecular complexity index is 553. The van der Waals surface area contributed by atoms with Gasteiger partial charge in [0, 0.05) is 11.7 Å². The molecule has 0 radical (unpaired) electrons. The molecule has 116 valence electrons. The lowest BCUT2D eigenvalue weighted by Crippen LogP contribution is -2.47. The van der Waals surface area contributed by atoms with Crippen LogP contribution in [0.15, 0.2) is 18.2 Å². The number of carbonyl (C=O) groups excluding carboxylic acids is 1. The van der Waals surface area contributed by atoms with Gasteiger partial charge >= 0.3 is 6.09 Å². The van der Waals surface area contributed by atoms with Gasteiger partial charge in [0.25, 0.3) is 0 Å². The highest BCUT2D eigenvalue weighted by molar-refractivity contribution is 5.92. The Labute approximate surface area is 127 Å². The first-order valence-electron chi connectivity index (χ1n) is 7.39. The summed E-state index contributed by atoms with van der Waals surface area (Å²) >= 11 is 0. The third-order valence-electron chi connectivity index (χ3n) is 3.68. The van der Waals surface area contributed by atoms with E-state index in [9.17, 15) is 4.79 Å². The van der Waals surface area contributed by atoms with E-state index in [0.29, 0.717) is 0 Å². The molecule has 1 amide bonds. The normalized spacial score (nSPS) is 18.6. The van der Waals surface area contributed by atoms with Crippen LogP contribution in [0.1, 0.15) is 47.1 Å². The Morgan fingerprint density at radius 2 is 1.86 bits per heavy atom. The molecule has 0 fully saturated rings. The lowest BCUT2D eigenvalue weighted by atomic mass is 9.84. The fourth-order valence-electron chi connectivity index (χ4n) is 2.70. The maximum atomic E-state index is 12.6. The van der Waals surface area contributed by atoms with Crippen molar-refractivity contribution >= 4 is 17.5 Å². The van der Waals surface area contributed by atoms with Crippen molar-refractivity contribution in [3.05, 3.63) is 23.8 Å². The van der Waals surface area contributed by atoms with Crippen LogP contribution in [0.2, 0.25) is 0 Å². The zero-order chi connectivity index (χ0) is 16.0. The molecule has 0 saturated heterocycles. The number of hydrogen-bond acceptors (Lipinski definition) is 3. The highest BCUT2D eigenvalue weighted by atomic mass is 16.6. The van der Waals surface area contributed by atoms with E-state index in [1.54, 1.807) is 4.90 Å². The van der Waals surface area contributed by atoms with Gasteiger partial charge in [-0.1, -0.05) is 20.8 Å². The second-order valence-corrected chi connectivity index (χ2v) is 7.82. The van der Waals surface area contributed by atoms with Crippen LogP contribution >= 0.6 is 0 Å². The lowest BCUT2D eigenvalue weighted by molar-refractivity contribution is 0.0546. The summed E-state index contributed by atoms with van der Waals surface area (Å²) < 4.78 is 5.59. The Morgan fingerprint density at radius 1 is 1.24 bits per heavy atom. The molecule has 4 nitrogen and oxygen atoms in total. The molecule has 4 heteroatoms. The first kappa shape index (κ1) is 15.7. The van der Waals surface area contributed by atoms with Crippen molar-refractivity contribution in [3.63, 3.8) is 0 Å². The third kappa shape index (κ3) is 3.31. The predicted octanol–water partition coefficient (Wildman–Crippen LogP) is 3.98. The molecule has 0 spiro atoms. The van der Waals surface area contributed by atoms with E-state index in [1.165, 1.54) is 0 Å². The average Bonchev–Trinajstić information content (AvgIpc) is 2.64. The van der Waals surface area contributed by atoms with Gasteiger partial charge in [0.1, 0.15) is 5.60 Å². The fourth-order valence-corrected chi connectivity index (χ4v) is 2.70. The minimum absolute atomic E-state index is 0.0370. The third-order valence-corrected chi connectivity index (χ3v) is 3.68. The van der Waals surface area contributed by atoms with Gasteiger partial charge in [-0.3, -0.25) is 4.90 Å². The van der Waals surface area contributed by atoms with E-state index in [4.69, 9.17) is 10.5 Å². The van der Waals surface area contributed by atoms with Gasteiger partial charge in [-0.2, -0.15) is 0 Å². The van der Waals surface area contributed by atoms with Crippen LogP contribution in [-0.2, 0) is 11.2 Å². The maximum Gasteiger partial charge on any atom is 0.415 e. The molecule has 1 heterocycles. The topological polar surface area (TPSA) is 55.6 Å². The Hall–Kier alpha value is -1.71. The summed E-state index contributed by atoms with van der Waals surface area (Å²) in [4.78, 5) is 14.4. The molecule has 21 heavy (non-hydrogen) atoms. The number of nitrogens with two attached hydrogens (primary N) is 1. The van der Waals surface area contributed by atoms with Crippen molar-refractivity contribution in [1.29, 1.82) is 0 Å². The molecule has 1 atom stereocenters. The smallest absolute Gasteiger partial charge is 0.415 e. The molecule has 0 aliphatic carbocycles. The highest BCUT2D eigenvalue weighted by Crippen LogP contribution is 2.41. The second kappa shape index (κ2) is 4.93. The molecule has 1 aromatic carbocycles. The van der Waals surface area contributed by atoms with Gasteiger partial charge in [-0.05, 0) is 56.4 Å². The van der Waals surface area contributed by atoms with Crippen LogP contribution in [0, 0.1) is 5.41 Å². The second-order valence-electron chi connectivity index (χ2n) is 7.82. The lowest BCUT2D eigenvalue weighted by Gasteiger charge is -2.36. The van der Waals surface area contributed by atoms with E-state index >= 15 is 0 Å². The minimum Gasteiger partial charge on any atom is -0.443 e. The summed E-state index contributed by atoms with van der Waals surface area (Å²) in [5.74, 6) is 0. The first-order chi connectivity index (χ1) is 9.49. The van der Waals surface area contributed by atoms with Gasteiger partial charge in [-0.15, -0.1) is 0 Å². The first-order valence-corrected chi connectivity index (χ1v) is 7.39. The van der Waals surface area contributed by atoms with Crippen LogP contribution in [0.5, 0.6) is 0 Å². The van der Waals surface area contributed by atoms with Gasteiger partial charge in [0.15, 0.2) is 0 Å². The summed E-state index contributed by atoms with van der Waals surface area (Å²) in [7, 11) is 0. The Kier molecular flexibility index (Phi) is 3.68. The van der Waals surface area contributed by atoms with Crippen molar-refractivity contribution in [2.75, 3.05) is 10.6 Å². The standard InChI is InChI=1S/C17H26N2O2/c1-16(2,3)14-10-11-9-12(18)7-8-13(11)19(14)15(20)21-17(4,5)6/h7-9,14H,10,18H2,1-6H3/t14-/m0/s1. The molecule has 0 bridgehead atoms. The fraction of sp³-hybridized carbons (Fsp3) is 0.588. The molecular weight excluding hydrogens is 264 g/mol. The summed E-state index contributed by atoms with van der Waals surface area (Å²) in [5.41, 5.74) is 8.09. The van der Waals surface area contributed by atoms with E-state index in [1.807, 2.05) is 39.0 Å². The summed E-state index contributed by atoms with van der Waals surface area (Å²) in [6.07, 6.45) is 0.522. The van der Waals surface area contributed by atoms with Crippen LogP contribution < -0.4 is 10.6 Å². The van der Waals surface area contributed by atoms with Gasteiger partial charge in [0.2, 0.25) is 0 Å². The van der Waals surface area contributed by atoms with Gasteiger partial charge in [0.05, 0.1) is 5.69 Å². The van der Waals surface area contributed by atoms with Crippen molar-refractivity contribution in [1.82, 2.24) is 0 Å². The van der Waals surface area contributed by atoms with Gasteiger partial charge in [-0.25, -0.2) is 4.79 Å². The number of rotatable bonds is 0. The van der Waals surface area contributed by atoms with Crippen molar-refractivity contribution < 1.29 is 9.53 Å². The number of nitrogens with zero attached hydrogens (tertiary/aromatic N) is 1. The summed E-state index contributed by atoms with van der Waals surface area (Å²) in [6, 6.07) is 5.78. The number of ether oxygens (including phenoxy) is 1. The van der Waals surface area contributed by atoms with Crippen LogP contribution in [0.3, 0.4) is 0 Å². The summed E-state index contributed by atoms with van der Waals surface area (Å²) in [5, 5.41) is 0. The van der Waals surface area contributed by atoms with Crippen LogP contribution in [0.25, 0.3) is 0 Å². The SMILES string of the molecule is CC(C)(C)OC(=O)N1c2ccc(N)cc2C[C@H]1C(C)(C)C. The molecule has 2 N–H and O–H groups in total. The molecule has 1 aliphatic heterocycles. The number of hydrogen-bond donors (Lipinski definition) is 1. The quantitative estimate of drug-likeness (QED) is 0.735. The van der Waals surface area contributed by atoms with Crippen LogP contribution in [-0.4, -0.2) is 17.7 Å². The molecule has 1 aromatic rings. The number of fused-ring (bicyclic) bond motifs is 1. The monoisotopic (exact) mass is 290 g/mol. The molecule has 0 aromatic heterocycles. The van der Waals surface area contributed by atoms with Crippen molar-refractivity contribution in [2.45, 2.75) is 59.6 Å².